The molecule has 2 aliphatic rings. The zero-order chi connectivity index (χ0) is 16.0. The van der Waals surface area contributed by atoms with E-state index in [0.29, 0.717) is 11.5 Å². The fraction of sp³-hybridized carbons (Fsp3) is 0.455. The summed E-state index contributed by atoms with van der Waals surface area (Å²) in [5.41, 5.74) is 7.95. The second kappa shape index (κ2) is 5.49. The number of hydrogen-bond donors (Lipinski definition) is 0. The van der Waals surface area contributed by atoms with Gasteiger partial charge in [0.2, 0.25) is 0 Å². The van der Waals surface area contributed by atoms with Crippen molar-refractivity contribution in [3.05, 3.63) is 70.3 Å². The SMILES string of the molecule is Cc1ccc2c(c1)C(N1Cc3ccccc3CC(C)(C)C1)CC2. The summed E-state index contributed by atoms with van der Waals surface area (Å²) in [6.07, 6.45) is 3.70. The maximum absolute atomic E-state index is 2.75. The molecule has 120 valence electrons. The van der Waals surface area contributed by atoms with Gasteiger partial charge in [0, 0.05) is 19.1 Å². The van der Waals surface area contributed by atoms with Crippen LogP contribution in [0.4, 0.5) is 0 Å². The van der Waals surface area contributed by atoms with Gasteiger partial charge in [-0.25, -0.2) is 0 Å². The van der Waals surface area contributed by atoms with E-state index in [1.165, 1.54) is 36.9 Å². The van der Waals surface area contributed by atoms with Crippen molar-refractivity contribution in [2.75, 3.05) is 6.54 Å². The summed E-state index contributed by atoms with van der Waals surface area (Å²) in [7, 11) is 0. The van der Waals surface area contributed by atoms with Crippen LogP contribution in [0.25, 0.3) is 0 Å². The van der Waals surface area contributed by atoms with Gasteiger partial charge in [-0.2, -0.15) is 0 Å². The van der Waals surface area contributed by atoms with Crippen molar-refractivity contribution in [3.8, 4) is 0 Å². The normalized spacial score (nSPS) is 23.2. The van der Waals surface area contributed by atoms with Gasteiger partial charge in [-0.05, 0) is 53.9 Å². The van der Waals surface area contributed by atoms with Crippen LogP contribution in [0.2, 0.25) is 0 Å². The van der Waals surface area contributed by atoms with Crippen LogP contribution in [0.1, 0.15) is 54.1 Å². The van der Waals surface area contributed by atoms with E-state index in [-0.39, 0.29) is 0 Å². The van der Waals surface area contributed by atoms with Gasteiger partial charge in [0.15, 0.2) is 0 Å². The first kappa shape index (κ1) is 15.0. The average molecular weight is 305 g/mol. The molecule has 2 aromatic rings. The number of benzene rings is 2. The molecule has 0 bridgehead atoms. The Bertz CT molecular complexity index is 729. The lowest BCUT2D eigenvalue weighted by molar-refractivity contribution is 0.129. The van der Waals surface area contributed by atoms with Crippen LogP contribution in [0.3, 0.4) is 0 Å². The van der Waals surface area contributed by atoms with Crippen LogP contribution >= 0.6 is 0 Å². The third-order valence-electron chi connectivity index (χ3n) is 5.58. The highest BCUT2D eigenvalue weighted by atomic mass is 15.2. The molecule has 0 saturated carbocycles. The standard InChI is InChI=1S/C22H27N/c1-16-8-9-17-10-11-21(20(17)12-16)23-14-19-7-5-4-6-18(19)13-22(2,3)15-23/h4-9,12,21H,10-11,13-15H2,1-3H3. The van der Waals surface area contributed by atoms with E-state index in [1.807, 2.05) is 0 Å². The molecule has 0 radical (unpaired) electrons. The van der Waals surface area contributed by atoms with Crippen molar-refractivity contribution >= 4 is 0 Å². The first-order valence-electron chi connectivity index (χ1n) is 8.92. The molecule has 0 saturated heterocycles. The monoisotopic (exact) mass is 305 g/mol. The van der Waals surface area contributed by atoms with Gasteiger partial charge in [0.05, 0.1) is 0 Å². The van der Waals surface area contributed by atoms with Crippen molar-refractivity contribution < 1.29 is 0 Å². The van der Waals surface area contributed by atoms with Crippen LogP contribution in [-0.2, 0) is 19.4 Å². The van der Waals surface area contributed by atoms with Crippen molar-refractivity contribution in [1.82, 2.24) is 4.90 Å². The molecule has 4 rings (SSSR count). The second-order valence-electron chi connectivity index (χ2n) is 8.27. The Morgan fingerprint density at radius 3 is 2.61 bits per heavy atom. The Balaban J connectivity index is 1.72. The first-order chi connectivity index (χ1) is 11.0. The van der Waals surface area contributed by atoms with Gasteiger partial charge in [0.1, 0.15) is 0 Å². The van der Waals surface area contributed by atoms with E-state index < -0.39 is 0 Å². The molecule has 1 heterocycles. The zero-order valence-corrected chi connectivity index (χ0v) is 14.6. The molecule has 1 heteroatoms. The van der Waals surface area contributed by atoms with E-state index in [9.17, 15) is 0 Å². The number of nitrogens with zero attached hydrogens (tertiary/aromatic N) is 1. The molecule has 1 atom stereocenters. The molecule has 0 amide bonds. The summed E-state index contributed by atoms with van der Waals surface area (Å²) in [5, 5.41) is 0. The average Bonchev–Trinajstić information content (AvgIpc) is 2.84. The molecule has 0 aromatic heterocycles. The number of rotatable bonds is 1. The van der Waals surface area contributed by atoms with Crippen molar-refractivity contribution in [2.45, 2.75) is 52.6 Å². The van der Waals surface area contributed by atoms with Gasteiger partial charge >= 0.3 is 0 Å². The van der Waals surface area contributed by atoms with Gasteiger partial charge < -0.3 is 0 Å². The van der Waals surface area contributed by atoms with Crippen molar-refractivity contribution in [3.63, 3.8) is 0 Å². The quantitative estimate of drug-likeness (QED) is 0.711. The molecular weight excluding hydrogens is 278 g/mol. The third-order valence-corrected chi connectivity index (χ3v) is 5.58. The summed E-state index contributed by atoms with van der Waals surface area (Å²) in [4.78, 5) is 2.75. The van der Waals surface area contributed by atoms with E-state index >= 15 is 0 Å². The fourth-order valence-electron chi connectivity index (χ4n) is 4.58. The molecule has 1 aliphatic carbocycles. The molecule has 0 spiro atoms. The van der Waals surface area contributed by atoms with E-state index in [4.69, 9.17) is 0 Å². The molecule has 23 heavy (non-hydrogen) atoms. The Morgan fingerprint density at radius 1 is 1.00 bits per heavy atom. The lowest BCUT2D eigenvalue weighted by Crippen LogP contribution is -2.35. The van der Waals surface area contributed by atoms with Crippen LogP contribution in [-0.4, -0.2) is 11.4 Å². The highest BCUT2D eigenvalue weighted by Crippen LogP contribution is 2.41. The van der Waals surface area contributed by atoms with Gasteiger partial charge in [-0.1, -0.05) is 61.9 Å². The smallest absolute Gasteiger partial charge is 0.0357 e. The Hall–Kier alpha value is -1.60. The minimum absolute atomic E-state index is 0.333. The fourth-order valence-corrected chi connectivity index (χ4v) is 4.58. The summed E-state index contributed by atoms with van der Waals surface area (Å²) in [6, 6.07) is 16.7. The predicted molar refractivity (Wildman–Crippen MR) is 96.6 cm³/mol. The van der Waals surface area contributed by atoms with E-state index in [1.54, 1.807) is 16.7 Å². The summed E-state index contributed by atoms with van der Waals surface area (Å²) >= 11 is 0. The van der Waals surface area contributed by atoms with Crippen LogP contribution < -0.4 is 0 Å². The first-order valence-corrected chi connectivity index (χ1v) is 8.92. The van der Waals surface area contributed by atoms with Crippen LogP contribution in [0.5, 0.6) is 0 Å². The summed E-state index contributed by atoms with van der Waals surface area (Å²) in [5.74, 6) is 0. The molecule has 1 nitrogen and oxygen atoms in total. The van der Waals surface area contributed by atoms with Crippen LogP contribution in [0.15, 0.2) is 42.5 Å². The minimum Gasteiger partial charge on any atom is -0.292 e. The highest BCUT2D eigenvalue weighted by molar-refractivity contribution is 5.38. The largest absolute Gasteiger partial charge is 0.292 e. The van der Waals surface area contributed by atoms with E-state index in [2.05, 4.69) is 68.1 Å². The molecule has 0 N–H and O–H groups in total. The van der Waals surface area contributed by atoms with Crippen molar-refractivity contribution in [1.29, 1.82) is 0 Å². The lowest BCUT2D eigenvalue weighted by atomic mass is 9.85. The maximum atomic E-state index is 2.75. The number of aryl methyl sites for hydroxylation is 2. The summed E-state index contributed by atoms with van der Waals surface area (Å²) in [6.45, 7) is 9.34. The third kappa shape index (κ3) is 2.83. The topological polar surface area (TPSA) is 3.24 Å². The van der Waals surface area contributed by atoms with Crippen LogP contribution in [0, 0.1) is 12.3 Å². The zero-order valence-electron chi connectivity index (χ0n) is 14.6. The molecule has 1 unspecified atom stereocenters. The Kier molecular flexibility index (Phi) is 3.57. The number of fused-ring (bicyclic) bond motifs is 2. The molecule has 1 aliphatic heterocycles. The highest BCUT2D eigenvalue weighted by Gasteiger charge is 2.34. The summed E-state index contributed by atoms with van der Waals surface area (Å²) < 4.78 is 0. The Morgan fingerprint density at radius 2 is 1.78 bits per heavy atom. The minimum atomic E-state index is 0.333. The van der Waals surface area contributed by atoms with Gasteiger partial charge in [-0.15, -0.1) is 0 Å². The molecule has 2 aromatic carbocycles. The van der Waals surface area contributed by atoms with Gasteiger partial charge in [0.25, 0.3) is 0 Å². The van der Waals surface area contributed by atoms with Gasteiger partial charge in [-0.3, -0.25) is 4.90 Å². The predicted octanol–water partition coefficient (Wildman–Crippen LogP) is 5.07. The second-order valence-corrected chi connectivity index (χ2v) is 8.27. The Labute approximate surface area is 140 Å². The number of hydrogen-bond acceptors (Lipinski definition) is 1. The van der Waals surface area contributed by atoms with Crippen molar-refractivity contribution in [2.24, 2.45) is 5.41 Å². The molecular formula is C22H27N. The lowest BCUT2D eigenvalue weighted by Gasteiger charge is -2.34. The molecule has 0 fully saturated rings. The maximum Gasteiger partial charge on any atom is 0.0357 e. The van der Waals surface area contributed by atoms with E-state index in [0.717, 1.165) is 6.54 Å².